The van der Waals surface area contributed by atoms with Gasteiger partial charge < -0.3 is 35.4 Å². The SMILES string of the molecule is CC(C)(C)OC(=O)NCC[C@@H](NC(=O)OCc1ccccc1)c1cccc(C(=O)N[C@H]2CCN(C(=O)O)C2)c1. The molecular weight excluding hydrogens is 504 g/mol. The number of carbonyl (C=O) groups is 4. The van der Waals surface area contributed by atoms with Gasteiger partial charge in [0.2, 0.25) is 0 Å². The predicted octanol–water partition coefficient (Wildman–Crippen LogP) is 4.05. The van der Waals surface area contributed by atoms with Crippen LogP contribution in [-0.4, -0.2) is 65.5 Å². The van der Waals surface area contributed by atoms with Crippen LogP contribution < -0.4 is 16.0 Å². The molecule has 1 aliphatic heterocycles. The zero-order valence-corrected chi connectivity index (χ0v) is 22.4. The number of nitrogens with zero attached hydrogens (tertiary/aromatic N) is 1. The van der Waals surface area contributed by atoms with E-state index in [1.807, 2.05) is 30.3 Å². The molecule has 2 aromatic rings. The normalized spacial score (nSPS) is 15.7. The number of ether oxygens (including phenoxy) is 2. The number of hydrogen-bond donors (Lipinski definition) is 4. The Kier molecular flexibility index (Phi) is 10.1. The summed E-state index contributed by atoms with van der Waals surface area (Å²) >= 11 is 0. The molecule has 0 spiro atoms. The maximum atomic E-state index is 12.9. The maximum absolute atomic E-state index is 12.9. The molecule has 0 aromatic heterocycles. The van der Waals surface area contributed by atoms with Crippen LogP contribution in [0.4, 0.5) is 14.4 Å². The van der Waals surface area contributed by atoms with Crippen LogP contribution in [0, 0.1) is 0 Å². The van der Waals surface area contributed by atoms with Crippen LogP contribution in [0.1, 0.15) is 61.1 Å². The van der Waals surface area contributed by atoms with Crippen molar-refractivity contribution in [1.82, 2.24) is 20.9 Å². The molecule has 4 N–H and O–H groups in total. The molecule has 1 fully saturated rings. The van der Waals surface area contributed by atoms with E-state index in [-0.39, 0.29) is 31.6 Å². The van der Waals surface area contributed by atoms with Gasteiger partial charge in [-0.3, -0.25) is 4.79 Å². The molecule has 1 heterocycles. The molecule has 11 heteroatoms. The van der Waals surface area contributed by atoms with Crippen molar-refractivity contribution in [2.24, 2.45) is 0 Å². The second kappa shape index (κ2) is 13.5. The van der Waals surface area contributed by atoms with Crippen LogP contribution in [0.15, 0.2) is 54.6 Å². The zero-order chi connectivity index (χ0) is 28.4. The van der Waals surface area contributed by atoms with Crippen molar-refractivity contribution in [1.29, 1.82) is 0 Å². The molecule has 1 saturated heterocycles. The van der Waals surface area contributed by atoms with Crippen molar-refractivity contribution in [3.05, 3.63) is 71.3 Å². The highest BCUT2D eigenvalue weighted by Crippen LogP contribution is 2.20. The number of nitrogens with one attached hydrogen (secondary N) is 3. The molecule has 2 aromatic carbocycles. The Morgan fingerprint density at radius 1 is 1.05 bits per heavy atom. The Morgan fingerprint density at radius 2 is 1.79 bits per heavy atom. The van der Waals surface area contributed by atoms with E-state index in [0.29, 0.717) is 30.5 Å². The average Bonchev–Trinajstić information content (AvgIpc) is 3.35. The zero-order valence-electron chi connectivity index (χ0n) is 22.4. The van der Waals surface area contributed by atoms with Crippen molar-refractivity contribution < 1.29 is 33.8 Å². The standard InChI is InChI=1S/C28H36N4O7/c1-28(2,3)39-25(34)29-14-12-23(31-26(35)38-18-19-8-5-4-6-9-19)20-10-7-11-21(16-20)24(33)30-22-13-15-32(17-22)27(36)37/h4-11,16,22-23H,12-15,17-18H2,1-3H3,(H,29,34)(H,30,33)(H,31,35)(H,36,37)/t22-,23+/m0/s1. The highest BCUT2D eigenvalue weighted by atomic mass is 16.6. The van der Waals surface area contributed by atoms with Gasteiger partial charge in [-0.15, -0.1) is 0 Å². The van der Waals surface area contributed by atoms with Crippen molar-refractivity contribution in [2.75, 3.05) is 19.6 Å². The van der Waals surface area contributed by atoms with Crippen LogP contribution in [-0.2, 0) is 16.1 Å². The average molecular weight is 541 g/mol. The van der Waals surface area contributed by atoms with Gasteiger partial charge in [0.25, 0.3) is 5.91 Å². The number of carboxylic acid groups (broad SMARTS) is 1. The second-order valence-corrected chi connectivity index (χ2v) is 10.3. The Morgan fingerprint density at radius 3 is 2.46 bits per heavy atom. The largest absolute Gasteiger partial charge is 0.465 e. The summed E-state index contributed by atoms with van der Waals surface area (Å²) < 4.78 is 10.6. The van der Waals surface area contributed by atoms with Gasteiger partial charge in [0.05, 0.1) is 6.04 Å². The smallest absolute Gasteiger partial charge is 0.407 e. The van der Waals surface area contributed by atoms with E-state index in [9.17, 15) is 19.2 Å². The number of benzene rings is 2. The minimum Gasteiger partial charge on any atom is -0.465 e. The Labute approximate surface area is 227 Å². The van der Waals surface area contributed by atoms with E-state index < -0.39 is 29.9 Å². The van der Waals surface area contributed by atoms with Gasteiger partial charge in [0.15, 0.2) is 0 Å². The Balaban J connectivity index is 1.66. The van der Waals surface area contributed by atoms with E-state index in [1.54, 1.807) is 45.0 Å². The first-order valence-corrected chi connectivity index (χ1v) is 12.8. The molecule has 3 rings (SSSR count). The number of rotatable bonds is 9. The quantitative estimate of drug-likeness (QED) is 0.375. The molecule has 0 saturated carbocycles. The van der Waals surface area contributed by atoms with Gasteiger partial charge in [0, 0.05) is 31.2 Å². The number of carbonyl (C=O) groups excluding carboxylic acids is 3. The van der Waals surface area contributed by atoms with Crippen LogP contribution >= 0.6 is 0 Å². The van der Waals surface area contributed by atoms with E-state index in [2.05, 4.69) is 16.0 Å². The first-order chi connectivity index (χ1) is 18.5. The summed E-state index contributed by atoms with van der Waals surface area (Å²) in [6.45, 7) is 6.17. The van der Waals surface area contributed by atoms with Crippen molar-refractivity contribution in [2.45, 2.75) is 57.9 Å². The highest BCUT2D eigenvalue weighted by molar-refractivity contribution is 5.94. The van der Waals surface area contributed by atoms with Gasteiger partial charge in [-0.05, 0) is 56.9 Å². The third kappa shape index (κ3) is 9.84. The van der Waals surface area contributed by atoms with Crippen LogP contribution in [0.25, 0.3) is 0 Å². The molecule has 0 aliphatic carbocycles. The lowest BCUT2D eigenvalue weighted by molar-refractivity contribution is 0.0525. The summed E-state index contributed by atoms with van der Waals surface area (Å²) in [6, 6.07) is 15.2. The molecule has 0 unspecified atom stereocenters. The number of amides is 4. The number of hydrogen-bond acceptors (Lipinski definition) is 6. The Hall–Kier alpha value is -4.28. The van der Waals surface area contributed by atoms with Gasteiger partial charge >= 0.3 is 18.3 Å². The van der Waals surface area contributed by atoms with Gasteiger partial charge in [-0.2, -0.15) is 0 Å². The predicted molar refractivity (Wildman–Crippen MR) is 143 cm³/mol. The van der Waals surface area contributed by atoms with Crippen molar-refractivity contribution >= 4 is 24.2 Å². The van der Waals surface area contributed by atoms with Gasteiger partial charge in [-0.25, -0.2) is 14.4 Å². The molecule has 0 radical (unpaired) electrons. The van der Waals surface area contributed by atoms with Crippen LogP contribution in [0.3, 0.4) is 0 Å². The van der Waals surface area contributed by atoms with E-state index in [1.165, 1.54) is 4.90 Å². The minimum atomic E-state index is -1.01. The fourth-order valence-electron chi connectivity index (χ4n) is 4.08. The summed E-state index contributed by atoms with van der Waals surface area (Å²) in [7, 11) is 0. The lowest BCUT2D eigenvalue weighted by atomic mass is 10.0. The lowest BCUT2D eigenvalue weighted by Crippen LogP contribution is -2.38. The topological polar surface area (TPSA) is 146 Å². The summed E-state index contributed by atoms with van der Waals surface area (Å²) in [4.78, 5) is 50.1. The van der Waals surface area contributed by atoms with E-state index >= 15 is 0 Å². The molecule has 2 atom stereocenters. The van der Waals surface area contributed by atoms with Gasteiger partial charge in [0.1, 0.15) is 12.2 Å². The third-order valence-electron chi connectivity index (χ3n) is 5.95. The second-order valence-electron chi connectivity index (χ2n) is 10.3. The minimum absolute atomic E-state index is 0.0900. The first kappa shape index (κ1) is 29.3. The lowest BCUT2D eigenvalue weighted by Gasteiger charge is -2.22. The van der Waals surface area contributed by atoms with Crippen molar-refractivity contribution in [3.63, 3.8) is 0 Å². The van der Waals surface area contributed by atoms with Crippen LogP contribution in [0.5, 0.6) is 0 Å². The highest BCUT2D eigenvalue weighted by Gasteiger charge is 2.27. The summed E-state index contributed by atoms with van der Waals surface area (Å²) in [5, 5.41) is 17.5. The molecule has 11 nitrogen and oxygen atoms in total. The maximum Gasteiger partial charge on any atom is 0.407 e. The summed E-state index contributed by atoms with van der Waals surface area (Å²) in [5.41, 5.74) is 1.20. The molecule has 4 amide bonds. The van der Waals surface area contributed by atoms with Gasteiger partial charge in [-0.1, -0.05) is 42.5 Å². The monoisotopic (exact) mass is 540 g/mol. The van der Waals surface area contributed by atoms with E-state index in [4.69, 9.17) is 14.6 Å². The molecule has 210 valence electrons. The molecule has 39 heavy (non-hydrogen) atoms. The molecular formula is C28H36N4O7. The van der Waals surface area contributed by atoms with Crippen LogP contribution in [0.2, 0.25) is 0 Å². The first-order valence-electron chi connectivity index (χ1n) is 12.8. The summed E-state index contributed by atoms with van der Waals surface area (Å²) in [5.74, 6) is -0.341. The Bertz CT molecular complexity index is 1150. The summed E-state index contributed by atoms with van der Waals surface area (Å²) in [6.07, 6.45) is -1.39. The van der Waals surface area contributed by atoms with E-state index in [0.717, 1.165) is 5.56 Å². The fraction of sp³-hybridized carbons (Fsp3) is 0.429. The fourth-order valence-corrected chi connectivity index (χ4v) is 4.08. The number of alkyl carbamates (subject to hydrolysis) is 2. The van der Waals surface area contributed by atoms with Crippen molar-refractivity contribution in [3.8, 4) is 0 Å². The molecule has 1 aliphatic rings. The number of likely N-dealkylation sites (tertiary alicyclic amines) is 1. The third-order valence-corrected chi connectivity index (χ3v) is 5.95. The molecule has 0 bridgehead atoms.